The van der Waals surface area contributed by atoms with Crippen molar-refractivity contribution in [2.24, 2.45) is 0 Å². The standard InChI is InChI=1S/C29H31N9O/c1-21-17-22(2)27(29(39)38-15-13-37(14-16-38)28-24(19-31)7-8-32-34-28)33-25(21)20-35-9-11-36(12-10-35)26-6-4-3-5-23(26)18-30/h3-8,17H,9-16,20H2,1-2H3. The number of aryl methyl sites for hydroxylation is 2. The van der Waals surface area contributed by atoms with Crippen LogP contribution in [0.5, 0.6) is 0 Å². The van der Waals surface area contributed by atoms with Crippen LogP contribution in [-0.4, -0.2) is 83.2 Å². The van der Waals surface area contributed by atoms with E-state index in [4.69, 9.17) is 4.98 Å². The molecule has 2 aliphatic heterocycles. The van der Waals surface area contributed by atoms with E-state index in [1.165, 1.54) is 6.20 Å². The number of carbonyl (C=O) groups excluding carboxylic acids is 1. The van der Waals surface area contributed by atoms with E-state index in [-0.39, 0.29) is 5.91 Å². The van der Waals surface area contributed by atoms with Crippen molar-refractivity contribution < 1.29 is 4.79 Å². The van der Waals surface area contributed by atoms with E-state index in [0.717, 1.165) is 48.7 Å². The Kier molecular flexibility index (Phi) is 7.67. The Morgan fingerprint density at radius 1 is 0.872 bits per heavy atom. The molecule has 0 saturated carbocycles. The molecule has 2 aromatic heterocycles. The Morgan fingerprint density at radius 3 is 2.28 bits per heavy atom. The van der Waals surface area contributed by atoms with E-state index in [2.05, 4.69) is 45.1 Å². The van der Waals surface area contributed by atoms with Crippen LogP contribution in [0.25, 0.3) is 0 Å². The largest absolute Gasteiger partial charge is 0.368 e. The highest BCUT2D eigenvalue weighted by atomic mass is 16.2. The van der Waals surface area contributed by atoms with Crippen LogP contribution in [0.4, 0.5) is 11.5 Å². The Labute approximate surface area is 228 Å². The molecule has 2 fully saturated rings. The molecule has 1 aromatic carbocycles. The summed E-state index contributed by atoms with van der Waals surface area (Å²) in [4.78, 5) is 26.9. The summed E-state index contributed by atoms with van der Waals surface area (Å²) < 4.78 is 0. The number of rotatable bonds is 5. The number of piperazine rings is 2. The highest BCUT2D eigenvalue weighted by Gasteiger charge is 2.27. The minimum absolute atomic E-state index is 0.0639. The quantitative estimate of drug-likeness (QED) is 0.499. The summed E-state index contributed by atoms with van der Waals surface area (Å²) in [5, 5.41) is 26.9. The van der Waals surface area contributed by atoms with E-state index in [0.29, 0.717) is 55.4 Å². The molecule has 0 bridgehead atoms. The van der Waals surface area contributed by atoms with Crippen LogP contribution < -0.4 is 9.80 Å². The van der Waals surface area contributed by atoms with Crippen LogP contribution >= 0.6 is 0 Å². The molecule has 1 amide bonds. The summed E-state index contributed by atoms with van der Waals surface area (Å²) in [6.45, 7) is 10.3. The van der Waals surface area contributed by atoms with E-state index in [1.54, 1.807) is 6.07 Å². The first-order valence-corrected chi connectivity index (χ1v) is 13.2. The Bertz CT molecular complexity index is 1440. The Morgan fingerprint density at radius 2 is 1.56 bits per heavy atom. The normalized spacial score (nSPS) is 16.1. The van der Waals surface area contributed by atoms with Gasteiger partial charge in [-0.15, -0.1) is 5.10 Å². The number of aromatic nitrogens is 3. The third-order valence-corrected chi connectivity index (χ3v) is 7.51. The molecule has 0 radical (unpaired) electrons. The maximum absolute atomic E-state index is 13.5. The maximum atomic E-state index is 13.5. The second kappa shape index (κ2) is 11.5. The molecule has 5 rings (SSSR count). The maximum Gasteiger partial charge on any atom is 0.272 e. The average Bonchev–Trinajstić information content (AvgIpc) is 2.98. The van der Waals surface area contributed by atoms with Crippen molar-refractivity contribution in [3.05, 3.63) is 76.2 Å². The Balaban J connectivity index is 1.23. The highest BCUT2D eigenvalue weighted by molar-refractivity contribution is 5.94. The number of carbonyl (C=O) groups is 1. The highest BCUT2D eigenvalue weighted by Crippen LogP contribution is 2.23. The topological polar surface area (TPSA) is 116 Å². The van der Waals surface area contributed by atoms with Gasteiger partial charge in [-0.2, -0.15) is 15.6 Å². The molecule has 39 heavy (non-hydrogen) atoms. The average molecular weight is 522 g/mol. The number of benzene rings is 1. The lowest BCUT2D eigenvalue weighted by molar-refractivity contribution is 0.0739. The molecule has 10 heteroatoms. The van der Waals surface area contributed by atoms with E-state index >= 15 is 0 Å². The zero-order chi connectivity index (χ0) is 27.4. The van der Waals surface area contributed by atoms with Crippen molar-refractivity contribution in [3.63, 3.8) is 0 Å². The fourth-order valence-electron chi connectivity index (χ4n) is 5.28. The Hall–Kier alpha value is -4.54. The minimum Gasteiger partial charge on any atom is -0.368 e. The number of nitriles is 2. The zero-order valence-corrected chi connectivity index (χ0v) is 22.3. The van der Waals surface area contributed by atoms with Gasteiger partial charge in [-0.3, -0.25) is 9.69 Å². The number of para-hydroxylation sites is 1. The molecule has 198 valence electrons. The van der Waals surface area contributed by atoms with Gasteiger partial charge in [-0.05, 0) is 43.2 Å². The summed E-state index contributed by atoms with van der Waals surface area (Å²) in [5.41, 5.74) is 5.56. The molecule has 10 nitrogen and oxygen atoms in total. The predicted octanol–water partition coefficient (Wildman–Crippen LogP) is 2.52. The summed E-state index contributed by atoms with van der Waals surface area (Å²) in [6, 6.07) is 15.9. The van der Waals surface area contributed by atoms with Gasteiger partial charge in [0.2, 0.25) is 0 Å². The molecular formula is C29H31N9O. The molecule has 0 aliphatic carbocycles. The number of hydrogen-bond donors (Lipinski definition) is 0. The number of nitrogens with zero attached hydrogens (tertiary/aromatic N) is 9. The van der Waals surface area contributed by atoms with Crippen molar-refractivity contribution in [3.8, 4) is 12.1 Å². The smallest absolute Gasteiger partial charge is 0.272 e. The lowest BCUT2D eigenvalue weighted by atomic mass is 10.1. The van der Waals surface area contributed by atoms with Crippen LogP contribution in [0.1, 0.15) is 38.4 Å². The van der Waals surface area contributed by atoms with Crippen molar-refractivity contribution in [1.82, 2.24) is 25.0 Å². The van der Waals surface area contributed by atoms with Crippen molar-refractivity contribution >= 4 is 17.4 Å². The summed E-state index contributed by atoms with van der Waals surface area (Å²) in [6.07, 6.45) is 1.51. The number of anilines is 2. The van der Waals surface area contributed by atoms with Crippen LogP contribution in [-0.2, 0) is 6.54 Å². The van der Waals surface area contributed by atoms with Crippen molar-refractivity contribution in [1.29, 1.82) is 10.5 Å². The lowest BCUT2D eigenvalue weighted by Gasteiger charge is -2.36. The second-order valence-corrected chi connectivity index (χ2v) is 9.97. The van der Waals surface area contributed by atoms with Crippen molar-refractivity contribution in [2.75, 3.05) is 62.2 Å². The van der Waals surface area contributed by atoms with E-state index < -0.39 is 0 Å². The molecule has 4 heterocycles. The fraction of sp³-hybridized carbons (Fsp3) is 0.379. The van der Waals surface area contributed by atoms with Gasteiger partial charge in [0.15, 0.2) is 5.82 Å². The molecule has 0 N–H and O–H groups in total. The number of pyridine rings is 1. The van der Waals surface area contributed by atoms with Crippen molar-refractivity contribution in [2.45, 2.75) is 20.4 Å². The zero-order valence-electron chi connectivity index (χ0n) is 22.3. The van der Waals surface area contributed by atoms with Gasteiger partial charge in [-0.1, -0.05) is 18.2 Å². The van der Waals surface area contributed by atoms with Gasteiger partial charge in [-0.25, -0.2) is 4.98 Å². The van der Waals surface area contributed by atoms with Crippen LogP contribution in [0.15, 0.2) is 42.6 Å². The van der Waals surface area contributed by atoms with Gasteiger partial charge in [0.25, 0.3) is 5.91 Å². The first kappa shape index (κ1) is 26.1. The van der Waals surface area contributed by atoms with Gasteiger partial charge in [0.05, 0.1) is 28.7 Å². The summed E-state index contributed by atoms with van der Waals surface area (Å²) >= 11 is 0. The molecule has 3 aromatic rings. The van der Waals surface area contributed by atoms with E-state index in [9.17, 15) is 15.3 Å². The second-order valence-electron chi connectivity index (χ2n) is 9.97. The molecule has 0 atom stereocenters. The molecular weight excluding hydrogens is 490 g/mol. The third kappa shape index (κ3) is 5.52. The molecule has 0 unspecified atom stereocenters. The molecule has 2 aliphatic rings. The molecule has 0 spiro atoms. The SMILES string of the molecule is Cc1cc(C)c(C(=O)N2CCN(c3nnccc3C#N)CC2)nc1CN1CCN(c2ccccc2C#N)CC1. The van der Waals surface area contributed by atoms with Gasteiger partial charge in [0, 0.05) is 58.9 Å². The summed E-state index contributed by atoms with van der Waals surface area (Å²) in [7, 11) is 0. The number of amides is 1. The monoisotopic (exact) mass is 521 g/mol. The molecule has 2 saturated heterocycles. The number of hydrogen-bond acceptors (Lipinski definition) is 9. The van der Waals surface area contributed by atoms with Gasteiger partial charge >= 0.3 is 0 Å². The predicted molar refractivity (Wildman–Crippen MR) is 147 cm³/mol. The van der Waals surface area contributed by atoms with Crippen LogP contribution in [0.3, 0.4) is 0 Å². The first-order chi connectivity index (χ1) is 19.0. The van der Waals surface area contributed by atoms with E-state index in [1.807, 2.05) is 41.0 Å². The third-order valence-electron chi connectivity index (χ3n) is 7.51. The van der Waals surface area contributed by atoms with Crippen LogP contribution in [0.2, 0.25) is 0 Å². The lowest BCUT2D eigenvalue weighted by Crippen LogP contribution is -2.49. The van der Waals surface area contributed by atoms with Gasteiger partial charge in [0.1, 0.15) is 17.8 Å². The van der Waals surface area contributed by atoms with Gasteiger partial charge < -0.3 is 14.7 Å². The minimum atomic E-state index is -0.0639. The first-order valence-electron chi connectivity index (χ1n) is 13.2. The van der Waals surface area contributed by atoms with Crippen LogP contribution in [0, 0.1) is 36.5 Å². The summed E-state index contributed by atoms with van der Waals surface area (Å²) in [5.74, 6) is 0.501. The fourth-order valence-corrected chi connectivity index (χ4v) is 5.28.